The Labute approximate surface area is 145 Å². The quantitative estimate of drug-likeness (QED) is 0.381. The van der Waals surface area contributed by atoms with E-state index in [1.165, 1.54) is 33.8 Å². The zero-order chi connectivity index (χ0) is 19.7. The molecule has 8 nitrogen and oxygen atoms in total. The summed E-state index contributed by atoms with van der Waals surface area (Å²) in [7, 11) is 0. The smallest absolute Gasteiger partial charge is 0.325 e. The number of carboxylic acids is 4. The molecule has 1 aliphatic carbocycles. The van der Waals surface area contributed by atoms with Crippen molar-refractivity contribution in [3.05, 3.63) is 11.6 Å². The maximum absolute atomic E-state index is 11.8. The lowest BCUT2D eigenvalue weighted by Crippen LogP contribution is -2.50. The van der Waals surface area contributed by atoms with Crippen LogP contribution in [0.3, 0.4) is 0 Å². The molecule has 1 rings (SSSR count). The van der Waals surface area contributed by atoms with Crippen molar-refractivity contribution < 1.29 is 39.6 Å². The highest BCUT2D eigenvalue weighted by atomic mass is 16.4. The van der Waals surface area contributed by atoms with Gasteiger partial charge in [0.15, 0.2) is 10.8 Å². The Balaban J connectivity index is 3.42. The molecule has 0 saturated heterocycles. The summed E-state index contributed by atoms with van der Waals surface area (Å²) in [5.41, 5.74) is -4.26. The van der Waals surface area contributed by atoms with Gasteiger partial charge in [0.1, 0.15) is 0 Å². The van der Waals surface area contributed by atoms with Crippen LogP contribution in [-0.2, 0) is 19.2 Å². The van der Waals surface area contributed by atoms with E-state index in [4.69, 9.17) is 0 Å². The Morgan fingerprint density at radius 3 is 1.60 bits per heavy atom. The van der Waals surface area contributed by atoms with Crippen molar-refractivity contribution >= 4 is 23.9 Å². The van der Waals surface area contributed by atoms with Gasteiger partial charge in [-0.1, -0.05) is 33.8 Å². The Kier molecular flexibility index (Phi) is 5.67. The minimum absolute atomic E-state index is 0.00113. The molecule has 0 saturated carbocycles. The van der Waals surface area contributed by atoms with E-state index in [2.05, 4.69) is 0 Å². The maximum Gasteiger partial charge on any atom is 0.325 e. The SMILES string of the molecule is CC(C)C(C(=O)O)(C(=O)O)C1=CCC(C(C(=O)O)(C(=O)O)C(C)C)C1. The minimum atomic E-state index is -2.20. The lowest BCUT2D eigenvalue weighted by molar-refractivity contribution is -0.173. The van der Waals surface area contributed by atoms with E-state index < -0.39 is 52.5 Å². The molecule has 0 aliphatic heterocycles. The van der Waals surface area contributed by atoms with Gasteiger partial charge in [0.05, 0.1) is 0 Å². The van der Waals surface area contributed by atoms with Crippen molar-refractivity contribution in [1.29, 1.82) is 0 Å². The number of aliphatic carboxylic acids is 4. The number of hydrogen-bond acceptors (Lipinski definition) is 4. The third-order valence-electron chi connectivity index (χ3n) is 5.42. The molecule has 1 atom stereocenters. The van der Waals surface area contributed by atoms with Gasteiger partial charge < -0.3 is 20.4 Å². The lowest BCUT2D eigenvalue weighted by Gasteiger charge is -2.36. The van der Waals surface area contributed by atoms with Gasteiger partial charge in [0, 0.05) is 0 Å². The standard InChI is InChI=1S/C17H24O8/c1-8(2)16(12(18)19,13(20)21)10-5-6-11(7-10)17(9(3)4,14(22)23)15(24)25/h5,8-9,11H,6-7H2,1-4H3,(H,18,19)(H,20,21)(H,22,23)(H,24,25). The predicted molar refractivity (Wildman–Crippen MR) is 85.9 cm³/mol. The molecule has 0 heterocycles. The van der Waals surface area contributed by atoms with Gasteiger partial charge >= 0.3 is 23.9 Å². The summed E-state index contributed by atoms with van der Waals surface area (Å²) in [4.78, 5) is 47.2. The van der Waals surface area contributed by atoms with E-state index in [0.717, 1.165) is 0 Å². The van der Waals surface area contributed by atoms with Crippen molar-refractivity contribution in [2.75, 3.05) is 0 Å². The summed E-state index contributed by atoms with van der Waals surface area (Å²) in [5.74, 6) is -8.57. The predicted octanol–water partition coefficient (Wildman–Crippen LogP) is 1.95. The Hall–Kier alpha value is -2.38. The summed E-state index contributed by atoms with van der Waals surface area (Å²) in [6.45, 7) is 5.87. The van der Waals surface area contributed by atoms with Crippen LogP contribution >= 0.6 is 0 Å². The van der Waals surface area contributed by atoms with Gasteiger partial charge in [-0.05, 0) is 36.2 Å². The van der Waals surface area contributed by atoms with Crippen LogP contribution in [0.4, 0.5) is 0 Å². The lowest BCUT2D eigenvalue weighted by atomic mass is 9.64. The van der Waals surface area contributed by atoms with Crippen LogP contribution in [0.15, 0.2) is 11.6 Å². The number of allylic oxidation sites excluding steroid dienone is 1. The van der Waals surface area contributed by atoms with E-state index in [9.17, 15) is 39.6 Å². The van der Waals surface area contributed by atoms with Gasteiger partial charge in [0.25, 0.3) is 0 Å². The second-order valence-corrected chi connectivity index (χ2v) is 7.07. The van der Waals surface area contributed by atoms with Crippen molar-refractivity contribution in [3.8, 4) is 0 Å². The Morgan fingerprint density at radius 2 is 1.32 bits per heavy atom. The third-order valence-corrected chi connectivity index (χ3v) is 5.42. The van der Waals surface area contributed by atoms with Crippen LogP contribution in [0.25, 0.3) is 0 Å². The van der Waals surface area contributed by atoms with Crippen LogP contribution in [-0.4, -0.2) is 44.3 Å². The normalized spacial score (nSPS) is 18.3. The average molecular weight is 356 g/mol. The molecule has 1 unspecified atom stereocenters. The second kappa shape index (κ2) is 6.85. The number of carbonyl (C=O) groups is 4. The van der Waals surface area contributed by atoms with Crippen LogP contribution in [0.5, 0.6) is 0 Å². The first-order chi connectivity index (χ1) is 11.4. The second-order valence-electron chi connectivity index (χ2n) is 7.07. The van der Waals surface area contributed by atoms with Crippen LogP contribution in [0.1, 0.15) is 40.5 Å². The van der Waals surface area contributed by atoms with Crippen molar-refractivity contribution in [2.24, 2.45) is 28.6 Å². The van der Waals surface area contributed by atoms with E-state index in [1.54, 1.807) is 0 Å². The van der Waals surface area contributed by atoms with E-state index in [0.29, 0.717) is 0 Å². The van der Waals surface area contributed by atoms with Crippen LogP contribution < -0.4 is 0 Å². The fraction of sp³-hybridized carbons (Fsp3) is 0.647. The number of carboxylic acid groups (broad SMARTS) is 4. The Bertz CT molecular complexity index is 601. The summed E-state index contributed by atoms with van der Waals surface area (Å²) >= 11 is 0. The molecule has 25 heavy (non-hydrogen) atoms. The molecule has 8 heteroatoms. The molecule has 4 N–H and O–H groups in total. The highest BCUT2D eigenvalue weighted by Crippen LogP contribution is 2.51. The molecule has 0 bridgehead atoms. The largest absolute Gasteiger partial charge is 0.480 e. The first kappa shape index (κ1) is 20.7. The summed E-state index contributed by atoms with van der Waals surface area (Å²) in [5, 5.41) is 38.4. The zero-order valence-electron chi connectivity index (χ0n) is 14.6. The molecule has 0 amide bonds. The minimum Gasteiger partial charge on any atom is -0.480 e. The average Bonchev–Trinajstić information content (AvgIpc) is 2.87. The summed E-state index contributed by atoms with van der Waals surface area (Å²) in [6, 6.07) is 0. The monoisotopic (exact) mass is 356 g/mol. The first-order valence-corrected chi connectivity index (χ1v) is 8.00. The Morgan fingerprint density at radius 1 is 0.880 bits per heavy atom. The fourth-order valence-corrected chi connectivity index (χ4v) is 4.02. The third kappa shape index (κ3) is 2.79. The number of hydrogen-bond donors (Lipinski definition) is 4. The van der Waals surface area contributed by atoms with Crippen molar-refractivity contribution in [1.82, 2.24) is 0 Å². The molecule has 0 aromatic rings. The maximum atomic E-state index is 11.8. The van der Waals surface area contributed by atoms with Crippen molar-refractivity contribution in [2.45, 2.75) is 40.5 Å². The van der Waals surface area contributed by atoms with Gasteiger partial charge in [-0.2, -0.15) is 0 Å². The number of rotatable bonds is 8. The first-order valence-electron chi connectivity index (χ1n) is 8.00. The van der Waals surface area contributed by atoms with E-state index in [-0.39, 0.29) is 18.4 Å². The van der Waals surface area contributed by atoms with Crippen molar-refractivity contribution in [3.63, 3.8) is 0 Å². The molecule has 1 aliphatic rings. The summed E-state index contributed by atoms with van der Waals surface area (Å²) in [6.07, 6.45) is 1.19. The summed E-state index contributed by atoms with van der Waals surface area (Å²) < 4.78 is 0. The van der Waals surface area contributed by atoms with E-state index in [1.807, 2.05) is 0 Å². The molecule has 0 spiro atoms. The zero-order valence-corrected chi connectivity index (χ0v) is 14.6. The van der Waals surface area contributed by atoms with Gasteiger partial charge in [-0.15, -0.1) is 0 Å². The fourth-order valence-electron chi connectivity index (χ4n) is 4.02. The molecular formula is C17H24O8. The van der Waals surface area contributed by atoms with Crippen LogP contribution in [0.2, 0.25) is 0 Å². The molecule has 0 fully saturated rings. The highest BCUT2D eigenvalue weighted by molar-refractivity contribution is 6.03. The molecule has 0 radical (unpaired) electrons. The molecule has 0 aromatic carbocycles. The van der Waals surface area contributed by atoms with Gasteiger partial charge in [-0.3, -0.25) is 19.2 Å². The molecular weight excluding hydrogens is 332 g/mol. The van der Waals surface area contributed by atoms with Gasteiger partial charge in [0.2, 0.25) is 0 Å². The van der Waals surface area contributed by atoms with Gasteiger partial charge in [-0.25, -0.2) is 0 Å². The van der Waals surface area contributed by atoms with E-state index >= 15 is 0 Å². The van der Waals surface area contributed by atoms with Crippen LogP contribution in [0, 0.1) is 28.6 Å². The highest BCUT2D eigenvalue weighted by Gasteiger charge is 2.60. The topological polar surface area (TPSA) is 149 Å². The molecule has 0 aromatic heterocycles. The molecule has 140 valence electrons.